The van der Waals surface area contributed by atoms with Crippen LogP contribution in [-0.2, 0) is 22.1 Å². The monoisotopic (exact) mass is 425 g/mol. The third kappa shape index (κ3) is 2.97. The second-order valence-electron chi connectivity index (χ2n) is 9.42. The SMILES string of the molecule is CCCC(=O)N1CC2(CN(C(=O)C3CC3)C2)c2c(n(C)c3cc(OC)ccc23)[C@H]1CO. The fourth-order valence-electron chi connectivity index (χ4n) is 5.66. The number of carbonyl (C=O) groups excluding carboxylic acids is 2. The summed E-state index contributed by atoms with van der Waals surface area (Å²) in [6, 6.07) is 5.68. The quantitative estimate of drug-likeness (QED) is 0.798. The molecular weight excluding hydrogens is 394 g/mol. The summed E-state index contributed by atoms with van der Waals surface area (Å²) < 4.78 is 7.55. The highest BCUT2D eigenvalue weighted by molar-refractivity contribution is 5.91. The Morgan fingerprint density at radius 2 is 1.97 bits per heavy atom. The third-order valence-corrected chi connectivity index (χ3v) is 7.33. The number of ether oxygens (including phenoxy) is 1. The Labute approximate surface area is 182 Å². The number of amides is 2. The molecule has 1 saturated heterocycles. The first-order valence-electron chi connectivity index (χ1n) is 11.3. The Bertz CT molecular complexity index is 1050. The van der Waals surface area contributed by atoms with E-state index >= 15 is 0 Å². The molecule has 1 atom stereocenters. The Morgan fingerprint density at radius 1 is 1.23 bits per heavy atom. The molecule has 2 aliphatic heterocycles. The van der Waals surface area contributed by atoms with E-state index in [4.69, 9.17) is 4.74 Å². The van der Waals surface area contributed by atoms with Crippen molar-refractivity contribution in [1.29, 1.82) is 0 Å². The van der Waals surface area contributed by atoms with Crippen LogP contribution in [0.1, 0.15) is 49.9 Å². The summed E-state index contributed by atoms with van der Waals surface area (Å²) in [5.74, 6) is 1.30. The number of aryl methyl sites for hydroxylation is 1. The van der Waals surface area contributed by atoms with Crippen molar-refractivity contribution in [3.63, 3.8) is 0 Å². The van der Waals surface area contributed by atoms with Crippen LogP contribution in [0.15, 0.2) is 18.2 Å². The fraction of sp³-hybridized carbons (Fsp3) is 0.583. The molecule has 166 valence electrons. The van der Waals surface area contributed by atoms with Gasteiger partial charge in [-0.3, -0.25) is 9.59 Å². The zero-order valence-electron chi connectivity index (χ0n) is 18.6. The zero-order valence-corrected chi connectivity index (χ0v) is 18.6. The number of carbonyl (C=O) groups is 2. The number of fused-ring (bicyclic) bond motifs is 4. The van der Waals surface area contributed by atoms with E-state index in [9.17, 15) is 14.7 Å². The number of rotatable bonds is 5. The van der Waals surface area contributed by atoms with Gasteiger partial charge < -0.3 is 24.2 Å². The number of hydrogen-bond acceptors (Lipinski definition) is 4. The molecule has 2 amide bonds. The lowest BCUT2D eigenvalue weighted by molar-refractivity contribution is -0.146. The first-order chi connectivity index (χ1) is 14.9. The molecule has 0 bridgehead atoms. The molecule has 0 radical (unpaired) electrons. The number of nitrogens with zero attached hydrogens (tertiary/aromatic N) is 3. The Hall–Kier alpha value is -2.54. The maximum Gasteiger partial charge on any atom is 0.225 e. The molecule has 3 heterocycles. The molecule has 2 fully saturated rings. The minimum absolute atomic E-state index is 0.0707. The summed E-state index contributed by atoms with van der Waals surface area (Å²) in [4.78, 5) is 29.6. The molecule has 1 spiro atoms. The molecule has 5 rings (SSSR count). The van der Waals surface area contributed by atoms with E-state index in [1.807, 2.05) is 35.9 Å². The third-order valence-electron chi connectivity index (χ3n) is 7.33. The summed E-state index contributed by atoms with van der Waals surface area (Å²) in [5, 5.41) is 11.5. The van der Waals surface area contributed by atoms with Crippen molar-refractivity contribution in [3.05, 3.63) is 29.5 Å². The molecule has 31 heavy (non-hydrogen) atoms. The second kappa shape index (κ2) is 7.26. The van der Waals surface area contributed by atoms with Gasteiger partial charge in [0.25, 0.3) is 0 Å². The Balaban J connectivity index is 1.65. The van der Waals surface area contributed by atoms with E-state index in [1.165, 1.54) is 5.56 Å². The maximum atomic E-state index is 13.1. The van der Waals surface area contributed by atoms with Crippen LogP contribution in [0.4, 0.5) is 0 Å². The van der Waals surface area contributed by atoms with Crippen LogP contribution in [0.2, 0.25) is 0 Å². The predicted octanol–water partition coefficient (Wildman–Crippen LogP) is 2.35. The number of benzene rings is 1. The van der Waals surface area contributed by atoms with Gasteiger partial charge in [0.2, 0.25) is 11.8 Å². The van der Waals surface area contributed by atoms with Crippen LogP contribution in [0, 0.1) is 5.92 Å². The van der Waals surface area contributed by atoms with Gasteiger partial charge in [0.1, 0.15) is 5.75 Å². The van der Waals surface area contributed by atoms with Crippen molar-refractivity contribution in [1.82, 2.24) is 14.4 Å². The minimum Gasteiger partial charge on any atom is -0.497 e. The van der Waals surface area contributed by atoms with Gasteiger partial charge in [0.05, 0.1) is 30.7 Å². The summed E-state index contributed by atoms with van der Waals surface area (Å²) >= 11 is 0. The lowest BCUT2D eigenvalue weighted by Gasteiger charge is -2.56. The summed E-state index contributed by atoms with van der Waals surface area (Å²) in [5.41, 5.74) is 2.91. The van der Waals surface area contributed by atoms with E-state index in [2.05, 4.69) is 10.6 Å². The predicted molar refractivity (Wildman–Crippen MR) is 117 cm³/mol. The van der Waals surface area contributed by atoms with Gasteiger partial charge in [0.15, 0.2) is 0 Å². The normalized spacial score (nSPS) is 21.9. The topological polar surface area (TPSA) is 75.0 Å². The number of aromatic nitrogens is 1. The average molecular weight is 426 g/mol. The lowest BCUT2D eigenvalue weighted by atomic mass is 9.68. The van der Waals surface area contributed by atoms with Gasteiger partial charge in [-0.25, -0.2) is 0 Å². The van der Waals surface area contributed by atoms with Gasteiger partial charge in [-0.15, -0.1) is 0 Å². The van der Waals surface area contributed by atoms with Crippen LogP contribution in [0.25, 0.3) is 10.9 Å². The first kappa shape index (κ1) is 20.4. The van der Waals surface area contributed by atoms with Crippen LogP contribution in [-0.4, -0.2) is 64.6 Å². The van der Waals surface area contributed by atoms with Crippen LogP contribution in [0.5, 0.6) is 5.75 Å². The van der Waals surface area contributed by atoms with Gasteiger partial charge in [0, 0.05) is 56.2 Å². The molecule has 7 nitrogen and oxygen atoms in total. The summed E-state index contributed by atoms with van der Waals surface area (Å²) in [6.07, 6.45) is 3.22. The largest absolute Gasteiger partial charge is 0.497 e. The molecule has 7 heteroatoms. The van der Waals surface area contributed by atoms with Crippen molar-refractivity contribution in [2.45, 2.75) is 44.1 Å². The van der Waals surface area contributed by atoms with Crippen molar-refractivity contribution < 1.29 is 19.4 Å². The summed E-state index contributed by atoms with van der Waals surface area (Å²) in [7, 11) is 3.65. The highest BCUT2D eigenvalue weighted by atomic mass is 16.5. The smallest absolute Gasteiger partial charge is 0.225 e. The molecule has 1 N–H and O–H groups in total. The van der Waals surface area contributed by atoms with Gasteiger partial charge in [-0.1, -0.05) is 6.92 Å². The summed E-state index contributed by atoms with van der Waals surface area (Å²) in [6.45, 7) is 3.69. The molecule has 1 aromatic carbocycles. The minimum atomic E-state index is -0.378. The van der Waals surface area contributed by atoms with Crippen LogP contribution in [0.3, 0.4) is 0 Å². The highest BCUT2D eigenvalue weighted by Crippen LogP contribution is 2.50. The average Bonchev–Trinajstić information content (AvgIpc) is 3.56. The van der Waals surface area contributed by atoms with Crippen molar-refractivity contribution in [2.24, 2.45) is 13.0 Å². The molecule has 1 aliphatic carbocycles. The van der Waals surface area contributed by atoms with Gasteiger partial charge in [-0.05, 0) is 37.0 Å². The van der Waals surface area contributed by atoms with Gasteiger partial charge >= 0.3 is 0 Å². The molecular formula is C24H31N3O4. The lowest BCUT2D eigenvalue weighted by Crippen LogP contribution is -2.68. The molecule has 1 saturated carbocycles. The number of likely N-dealkylation sites (tertiary alicyclic amines) is 1. The molecule has 1 aromatic heterocycles. The number of aliphatic hydroxyl groups is 1. The first-order valence-corrected chi connectivity index (χ1v) is 11.3. The maximum absolute atomic E-state index is 13.1. The van der Waals surface area contributed by atoms with Crippen molar-refractivity contribution in [2.75, 3.05) is 33.4 Å². The molecule has 3 aliphatic rings. The van der Waals surface area contributed by atoms with Crippen LogP contribution >= 0.6 is 0 Å². The van der Waals surface area contributed by atoms with E-state index in [1.54, 1.807) is 7.11 Å². The highest BCUT2D eigenvalue weighted by Gasteiger charge is 2.56. The molecule has 0 unspecified atom stereocenters. The zero-order chi connectivity index (χ0) is 21.9. The van der Waals surface area contributed by atoms with E-state index in [0.29, 0.717) is 26.1 Å². The number of aliphatic hydroxyl groups excluding tert-OH is 1. The molecule has 2 aromatic rings. The van der Waals surface area contributed by atoms with Crippen molar-refractivity contribution in [3.8, 4) is 5.75 Å². The van der Waals surface area contributed by atoms with Crippen molar-refractivity contribution >= 4 is 22.7 Å². The van der Waals surface area contributed by atoms with Crippen LogP contribution < -0.4 is 4.74 Å². The van der Waals surface area contributed by atoms with E-state index in [0.717, 1.165) is 41.6 Å². The van der Waals surface area contributed by atoms with Gasteiger partial charge in [-0.2, -0.15) is 0 Å². The fourth-order valence-corrected chi connectivity index (χ4v) is 5.66. The van der Waals surface area contributed by atoms with E-state index < -0.39 is 0 Å². The second-order valence-corrected chi connectivity index (χ2v) is 9.42. The number of hydrogen-bond donors (Lipinski definition) is 1. The standard InChI is InChI=1S/C24H31N3O4/c1-4-5-20(29)27-14-24(12-26(13-24)23(30)15-6-7-15)21-17-9-8-16(31-3)10-18(17)25(2)22(21)19(27)11-28/h8-10,15,19,28H,4-7,11-14H2,1-3H3/t19-/m1/s1. The van der Waals surface area contributed by atoms with E-state index in [-0.39, 0.29) is 35.8 Å². The number of methoxy groups -OCH3 is 1. The Morgan fingerprint density at radius 3 is 2.58 bits per heavy atom. The Kier molecular flexibility index (Phi) is 4.77.